The van der Waals surface area contributed by atoms with Gasteiger partial charge in [0.15, 0.2) is 0 Å². The molecule has 6 heteroatoms. The third-order valence-corrected chi connectivity index (χ3v) is 3.97. The quantitative estimate of drug-likeness (QED) is 0.676. The van der Waals surface area contributed by atoms with Gasteiger partial charge in [0.2, 0.25) is 0 Å². The molecular formula is C21H22N4O2. The first-order valence-electron chi connectivity index (χ1n) is 8.75. The van der Waals surface area contributed by atoms with Crippen molar-refractivity contribution in [3.63, 3.8) is 0 Å². The van der Waals surface area contributed by atoms with Crippen LogP contribution in [0.25, 0.3) is 0 Å². The van der Waals surface area contributed by atoms with E-state index in [1.54, 1.807) is 6.07 Å². The molecule has 0 saturated heterocycles. The maximum Gasteiger partial charge on any atom is 0.274 e. The van der Waals surface area contributed by atoms with Crippen LogP contribution in [0.4, 0.5) is 17.2 Å². The Morgan fingerprint density at radius 2 is 1.81 bits per heavy atom. The van der Waals surface area contributed by atoms with Crippen LogP contribution >= 0.6 is 0 Å². The predicted octanol–water partition coefficient (Wildman–Crippen LogP) is 4.49. The van der Waals surface area contributed by atoms with E-state index in [4.69, 9.17) is 4.74 Å². The minimum Gasteiger partial charge on any atom is -0.494 e. The van der Waals surface area contributed by atoms with E-state index in [1.165, 1.54) is 6.33 Å². The molecule has 2 N–H and O–H groups in total. The van der Waals surface area contributed by atoms with Crippen LogP contribution in [0.1, 0.15) is 28.5 Å². The van der Waals surface area contributed by atoms with Crippen LogP contribution in [-0.2, 0) is 0 Å². The first-order chi connectivity index (χ1) is 13.0. The number of carbonyl (C=O) groups is 1. The first kappa shape index (κ1) is 18.4. The molecule has 3 aromatic rings. The maximum absolute atomic E-state index is 12.5. The lowest BCUT2D eigenvalue weighted by molar-refractivity contribution is 0.102. The van der Waals surface area contributed by atoms with Crippen molar-refractivity contribution >= 4 is 23.1 Å². The normalized spacial score (nSPS) is 10.3. The highest BCUT2D eigenvalue weighted by molar-refractivity contribution is 6.03. The molecule has 1 amide bonds. The zero-order chi connectivity index (χ0) is 19.2. The van der Waals surface area contributed by atoms with E-state index >= 15 is 0 Å². The van der Waals surface area contributed by atoms with Crippen LogP contribution in [0, 0.1) is 13.8 Å². The predicted molar refractivity (Wildman–Crippen MR) is 107 cm³/mol. The molecule has 27 heavy (non-hydrogen) atoms. The Morgan fingerprint density at radius 1 is 1.04 bits per heavy atom. The fourth-order valence-electron chi connectivity index (χ4n) is 2.64. The monoisotopic (exact) mass is 362 g/mol. The van der Waals surface area contributed by atoms with E-state index in [0.29, 0.717) is 18.1 Å². The lowest BCUT2D eigenvalue weighted by Crippen LogP contribution is -2.15. The number of rotatable bonds is 6. The molecule has 0 unspecified atom stereocenters. The second-order valence-electron chi connectivity index (χ2n) is 6.14. The molecule has 0 aliphatic carbocycles. The van der Waals surface area contributed by atoms with Gasteiger partial charge in [0.25, 0.3) is 5.91 Å². The van der Waals surface area contributed by atoms with Crippen molar-refractivity contribution in [3.05, 3.63) is 71.7 Å². The van der Waals surface area contributed by atoms with E-state index in [0.717, 1.165) is 28.3 Å². The smallest absolute Gasteiger partial charge is 0.274 e. The summed E-state index contributed by atoms with van der Waals surface area (Å²) in [4.78, 5) is 20.8. The molecule has 6 nitrogen and oxygen atoms in total. The Bertz CT molecular complexity index is 939. The zero-order valence-corrected chi connectivity index (χ0v) is 15.6. The zero-order valence-electron chi connectivity index (χ0n) is 15.6. The second-order valence-corrected chi connectivity index (χ2v) is 6.14. The van der Waals surface area contributed by atoms with Crippen LogP contribution in [0.15, 0.2) is 54.9 Å². The molecule has 0 aliphatic heterocycles. The number of amides is 1. The molecule has 0 spiro atoms. The van der Waals surface area contributed by atoms with E-state index in [2.05, 4.69) is 20.6 Å². The summed E-state index contributed by atoms with van der Waals surface area (Å²) in [5.74, 6) is 1.07. The van der Waals surface area contributed by atoms with Crippen molar-refractivity contribution in [3.8, 4) is 5.75 Å². The minimum atomic E-state index is -0.279. The number of nitrogens with zero attached hydrogens (tertiary/aromatic N) is 2. The number of nitrogens with one attached hydrogen (secondary N) is 2. The van der Waals surface area contributed by atoms with Crippen molar-refractivity contribution in [1.82, 2.24) is 9.97 Å². The Morgan fingerprint density at radius 3 is 2.52 bits per heavy atom. The number of benzene rings is 2. The number of aromatic nitrogens is 2. The maximum atomic E-state index is 12.5. The molecule has 0 atom stereocenters. The van der Waals surface area contributed by atoms with E-state index in [-0.39, 0.29) is 5.91 Å². The Balaban J connectivity index is 1.71. The van der Waals surface area contributed by atoms with Gasteiger partial charge in [0.1, 0.15) is 23.6 Å². The average Bonchev–Trinajstić information content (AvgIpc) is 2.66. The van der Waals surface area contributed by atoms with E-state index in [9.17, 15) is 4.79 Å². The third kappa shape index (κ3) is 4.82. The van der Waals surface area contributed by atoms with Gasteiger partial charge in [-0.3, -0.25) is 4.79 Å². The fourth-order valence-corrected chi connectivity index (χ4v) is 2.64. The van der Waals surface area contributed by atoms with Crippen molar-refractivity contribution in [2.45, 2.75) is 20.8 Å². The van der Waals surface area contributed by atoms with Crippen molar-refractivity contribution in [2.75, 3.05) is 17.2 Å². The van der Waals surface area contributed by atoms with Crippen molar-refractivity contribution in [2.24, 2.45) is 0 Å². The highest BCUT2D eigenvalue weighted by atomic mass is 16.5. The molecule has 0 fully saturated rings. The summed E-state index contributed by atoms with van der Waals surface area (Å²) in [7, 11) is 0. The molecule has 0 bridgehead atoms. The number of aryl methyl sites for hydroxylation is 2. The van der Waals surface area contributed by atoms with E-state index < -0.39 is 0 Å². The van der Waals surface area contributed by atoms with Crippen molar-refractivity contribution < 1.29 is 9.53 Å². The Kier molecular flexibility index (Phi) is 5.66. The summed E-state index contributed by atoms with van der Waals surface area (Å²) in [6.07, 6.45) is 1.37. The standard InChI is InChI=1S/C21H22N4O2/c1-4-27-17-8-6-16(7-9-17)24-20-12-19(22-13-23-20)21(26)25-18-10-5-14(2)11-15(18)3/h5-13H,4H2,1-3H3,(H,25,26)(H,22,23,24). The number of hydrogen-bond donors (Lipinski definition) is 2. The summed E-state index contributed by atoms with van der Waals surface area (Å²) < 4.78 is 5.43. The number of ether oxygens (including phenoxy) is 1. The molecule has 1 aromatic heterocycles. The number of carbonyl (C=O) groups excluding carboxylic acids is 1. The molecule has 2 aromatic carbocycles. The van der Waals surface area contributed by atoms with Gasteiger partial charge in [0, 0.05) is 17.4 Å². The van der Waals surface area contributed by atoms with Gasteiger partial charge in [-0.15, -0.1) is 0 Å². The lowest BCUT2D eigenvalue weighted by Gasteiger charge is -2.10. The summed E-state index contributed by atoms with van der Waals surface area (Å²) in [5.41, 5.74) is 4.06. The summed E-state index contributed by atoms with van der Waals surface area (Å²) >= 11 is 0. The van der Waals surface area contributed by atoms with Gasteiger partial charge in [-0.05, 0) is 56.7 Å². The number of hydrogen-bond acceptors (Lipinski definition) is 5. The fraction of sp³-hybridized carbons (Fsp3) is 0.190. The highest BCUT2D eigenvalue weighted by Gasteiger charge is 2.11. The minimum absolute atomic E-state index is 0.279. The van der Waals surface area contributed by atoms with Gasteiger partial charge in [-0.2, -0.15) is 0 Å². The SMILES string of the molecule is CCOc1ccc(Nc2cc(C(=O)Nc3ccc(C)cc3C)ncn2)cc1. The van der Waals surface area contributed by atoms with Gasteiger partial charge >= 0.3 is 0 Å². The van der Waals surface area contributed by atoms with Crippen molar-refractivity contribution in [1.29, 1.82) is 0 Å². The van der Waals surface area contributed by atoms with Crippen LogP contribution < -0.4 is 15.4 Å². The van der Waals surface area contributed by atoms with Gasteiger partial charge in [-0.25, -0.2) is 9.97 Å². The molecule has 3 rings (SSSR count). The molecule has 0 radical (unpaired) electrons. The molecular weight excluding hydrogens is 340 g/mol. The van der Waals surface area contributed by atoms with E-state index in [1.807, 2.05) is 63.2 Å². The summed E-state index contributed by atoms with van der Waals surface area (Å²) in [6, 6.07) is 15.0. The molecule has 0 saturated carbocycles. The van der Waals surface area contributed by atoms with Crippen LogP contribution in [0.5, 0.6) is 5.75 Å². The first-order valence-corrected chi connectivity index (χ1v) is 8.75. The van der Waals surface area contributed by atoms with Gasteiger partial charge < -0.3 is 15.4 Å². The highest BCUT2D eigenvalue weighted by Crippen LogP contribution is 2.20. The molecule has 138 valence electrons. The molecule has 0 aliphatic rings. The van der Waals surface area contributed by atoms with Gasteiger partial charge in [0.05, 0.1) is 6.61 Å². The Labute approximate surface area is 158 Å². The number of anilines is 3. The largest absolute Gasteiger partial charge is 0.494 e. The lowest BCUT2D eigenvalue weighted by atomic mass is 10.1. The van der Waals surface area contributed by atoms with Gasteiger partial charge in [-0.1, -0.05) is 17.7 Å². The second kappa shape index (κ2) is 8.31. The topological polar surface area (TPSA) is 76.1 Å². The Hall–Kier alpha value is -3.41. The average molecular weight is 362 g/mol. The van der Waals surface area contributed by atoms with Crippen LogP contribution in [-0.4, -0.2) is 22.5 Å². The summed E-state index contributed by atoms with van der Waals surface area (Å²) in [6.45, 7) is 6.54. The summed E-state index contributed by atoms with van der Waals surface area (Å²) in [5, 5.41) is 6.06. The van der Waals surface area contributed by atoms with Crippen LogP contribution in [0.2, 0.25) is 0 Å². The van der Waals surface area contributed by atoms with Crippen LogP contribution in [0.3, 0.4) is 0 Å². The third-order valence-electron chi connectivity index (χ3n) is 3.97. The molecule has 1 heterocycles.